The highest BCUT2D eigenvalue weighted by Gasteiger charge is 2.31. The fourth-order valence-corrected chi connectivity index (χ4v) is 4.36. The first kappa shape index (κ1) is 21.9. The Morgan fingerprint density at radius 3 is 2.85 bits per heavy atom. The molecule has 174 valence electrons. The van der Waals surface area contributed by atoms with Gasteiger partial charge in [-0.05, 0) is 48.7 Å². The van der Waals surface area contributed by atoms with E-state index in [0.717, 1.165) is 54.2 Å². The van der Waals surface area contributed by atoms with E-state index in [9.17, 15) is 18.0 Å². The van der Waals surface area contributed by atoms with Crippen LogP contribution in [0.2, 0.25) is 0 Å². The Hall–Kier alpha value is -3.95. The summed E-state index contributed by atoms with van der Waals surface area (Å²) in [5.74, 6) is -0.286. The van der Waals surface area contributed by atoms with Gasteiger partial charge in [0.1, 0.15) is 5.69 Å². The van der Waals surface area contributed by atoms with Crippen LogP contribution in [0.4, 0.5) is 24.5 Å². The van der Waals surface area contributed by atoms with E-state index in [2.05, 4.69) is 25.3 Å². The number of alkyl halides is 3. The van der Waals surface area contributed by atoms with Crippen LogP contribution in [-0.4, -0.2) is 38.6 Å². The van der Waals surface area contributed by atoms with Crippen molar-refractivity contribution in [2.75, 3.05) is 23.3 Å². The molecule has 0 radical (unpaired) electrons. The van der Waals surface area contributed by atoms with Crippen molar-refractivity contribution in [2.24, 2.45) is 0 Å². The molecule has 10 heteroatoms. The van der Waals surface area contributed by atoms with Crippen LogP contribution in [0.25, 0.3) is 5.65 Å². The predicted octanol–water partition coefficient (Wildman–Crippen LogP) is 4.70. The summed E-state index contributed by atoms with van der Waals surface area (Å²) in [5.41, 5.74) is 3.32. The average molecular weight is 466 g/mol. The number of halogens is 3. The molecule has 1 saturated heterocycles. The van der Waals surface area contributed by atoms with Gasteiger partial charge in [0.25, 0.3) is 5.91 Å². The zero-order valence-electron chi connectivity index (χ0n) is 18.3. The van der Waals surface area contributed by atoms with Crippen LogP contribution in [0.3, 0.4) is 0 Å². The number of hydrogen-bond donors (Lipinski definition) is 1. The van der Waals surface area contributed by atoms with E-state index in [1.165, 1.54) is 6.20 Å². The van der Waals surface area contributed by atoms with E-state index in [-0.39, 0.29) is 11.6 Å². The Kier molecular flexibility index (Phi) is 5.43. The smallest absolute Gasteiger partial charge is 0.367 e. The SMILES string of the molecule is Cc1ccc(C(=O)Nc2cncc(C(F)(F)F)c2)cc1[C@@H]1CCN(c2cnn3cccnc23)C1. The van der Waals surface area contributed by atoms with Crippen LogP contribution < -0.4 is 10.2 Å². The van der Waals surface area contributed by atoms with Gasteiger partial charge >= 0.3 is 6.18 Å². The lowest BCUT2D eigenvalue weighted by Crippen LogP contribution is -2.19. The van der Waals surface area contributed by atoms with E-state index in [1.807, 2.05) is 37.5 Å². The number of aromatic nitrogens is 4. The topological polar surface area (TPSA) is 75.4 Å². The van der Waals surface area contributed by atoms with Crippen LogP contribution in [0.15, 0.2) is 61.3 Å². The number of benzene rings is 1. The Bertz CT molecular complexity index is 1370. The van der Waals surface area contributed by atoms with Crippen molar-refractivity contribution in [3.05, 3.63) is 83.6 Å². The van der Waals surface area contributed by atoms with Crippen molar-refractivity contribution in [3.8, 4) is 0 Å². The molecule has 5 rings (SSSR count). The lowest BCUT2D eigenvalue weighted by atomic mass is 9.92. The third-order valence-corrected chi connectivity index (χ3v) is 6.09. The van der Waals surface area contributed by atoms with Crippen LogP contribution in [-0.2, 0) is 6.18 Å². The summed E-state index contributed by atoms with van der Waals surface area (Å²) in [6.07, 6.45) is 3.69. The zero-order chi connectivity index (χ0) is 23.9. The highest BCUT2D eigenvalue weighted by molar-refractivity contribution is 6.04. The van der Waals surface area contributed by atoms with Gasteiger partial charge in [-0.3, -0.25) is 9.78 Å². The molecule has 1 aliphatic rings. The molecule has 1 amide bonds. The Morgan fingerprint density at radius 1 is 1.18 bits per heavy atom. The molecular weight excluding hydrogens is 445 g/mol. The number of carbonyl (C=O) groups is 1. The molecule has 34 heavy (non-hydrogen) atoms. The fourth-order valence-electron chi connectivity index (χ4n) is 4.36. The molecule has 7 nitrogen and oxygen atoms in total. The van der Waals surface area contributed by atoms with Gasteiger partial charge in [-0.15, -0.1) is 0 Å². The summed E-state index contributed by atoms with van der Waals surface area (Å²) in [5, 5.41) is 6.89. The molecule has 4 aromatic rings. The summed E-state index contributed by atoms with van der Waals surface area (Å²) in [7, 11) is 0. The van der Waals surface area contributed by atoms with Crippen molar-refractivity contribution in [2.45, 2.75) is 25.4 Å². The van der Waals surface area contributed by atoms with Crippen LogP contribution >= 0.6 is 0 Å². The van der Waals surface area contributed by atoms with E-state index >= 15 is 0 Å². The molecule has 1 atom stereocenters. The molecule has 0 unspecified atom stereocenters. The minimum Gasteiger partial charge on any atom is -0.367 e. The third-order valence-electron chi connectivity index (χ3n) is 6.09. The molecule has 0 saturated carbocycles. The summed E-state index contributed by atoms with van der Waals surface area (Å²) in [4.78, 5) is 23.1. The van der Waals surface area contributed by atoms with Gasteiger partial charge in [-0.2, -0.15) is 18.3 Å². The Balaban J connectivity index is 1.35. The predicted molar refractivity (Wildman–Crippen MR) is 121 cm³/mol. The summed E-state index contributed by atoms with van der Waals surface area (Å²) in [6, 6.07) is 8.07. The van der Waals surface area contributed by atoms with Gasteiger partial charge in [0.05, 0.1) is 23.6 Å². The second kappa shape index (κ2) is 8.44. The number of rotatable bonds is 4. The average Bonchev–Trinajstić information content (AvgIpc) is 3.46. The number of fused-ring (bicyclic) bond motifs is 1. The quantitative estimate of drug-likeness (QED) is 0.472. The van der Waals surface area contributed by atoms with E-state index in [4.69, 9.17) is 0 Å². The molecule has 0 aliphatic carbocycles. The first-order chi connectivity index (χ1) is 16.3. The maximum Gasteiger partial charge on any atom is 0.417 e. The zero-order valence-corrected chi connectivity index (χ0v) is 18.3. The van der Waals surface area contributed by atoms with Crippen molar-refractivity contribution in [1.82, 2.24) is 19.6 Å². The molecule has 1 aromatic carbocycles. The van der Waals surface area contributed by atoms with Gasteiger partial charge in [-0.25, -0.2) is 9.50 Å². The van der Waals surface area contributed by atoms with Gasteiger partial charge in [0, 0.05) is 43.2 Å². The largest absolute Gasteiger partial charge is 0.417 e. The summed E-state index contributed by atoms with van der Waals surface area (Å²) < 4.78 is 40.6. The summed E-state index contributed by atoms with van der Waals surface area (Å²) in [6.45, 7) is 3.57. The highest BCUT2D eigenvalue weighted by Crippen LogP contribution is 2.34. The first-order valence-corrected chi connectivity index (χ1v) is 10.8. The van der Waals surface area contributed by atoms with Gasteiger partial charge in [0.2, 0.25) is 0 Å². The number of nitrogens with zero attached hydrogens (tertiary/aromatic N) is 5. The minimum absolute atomic E-state index is 0.00502. The minimum atomic E-state index is -4.53. The lowest BCUT2D eigenvalue weighted by molar-refractivity contribution is -0.137. The highest BCUT2D eigenvalue weighted by atomic mass is 19.4. The van der Waals surface area contributed by atoms with Crippen LogP contribution in [0, 0.1) is 6.92 Å². The lowest BCUT2D eigenvalue weighted by Gasteiger charge is -2.18. The van der Waals surface area contributed by atoms with Gasteiger partial charge in [0.15, 0.2) is 5.65 Å². The molecular formula is C24H21F3N6O. The standard InChI is InChI=1S/C24H21F3N6O/c1-15-3-4-16(23(34)31-19-10-18(11-28-12-19)24(25,26)27)9-20(15)17-5-8-32(14-17)21-13-30-33-7-2-6-29-22(21)33/h2-4,6-7,9-13,17H,5,8,14H2,1H3,(H,31,34)/t17-/m1/s1. The Labute approximate surface area is 193 Å². The molecule has 0 bridgehead atoms. The van der Waals surface area contributed by atoms with E-state index < -0.39 is 17.6 Å². The van der Waals surface area contributed by atoms with Crippen LogP contribution in [0.1, 0.15) is 39.4 Å². The van der Waals surface area contributed by atoms with E-state index in [1.54, 1.807) is 16.8 Å². The van der Waals surface area contributed by atoms with Crippen LogP contribution in [0.5, 0.6) is 0 Å². The van der Waals surface area contributed by atoms with Crippen molar-refractivity contribution < 1.29 is 18.0 Å². The van der Waals surface area contributed by atoms with E-state index in [0.29, 0.717) is 5.56 Å². The Morgan fingerprint density at radius 2 is 2.03 bits per heavy atom. The second-order valence-electron chi connectivity index (χ2n) is 8.33. The normalized spacial score (nSPS) is 16.2. The second-order valence-corrected chi connectivity index (χ2v) is 8.33. The number of nitrogens with one attached hydrogen (secondary N) is 1. The summed E-state index contributed by atoms with van der Waals surface area (Å²) >= 11 is 0. The molecule has 1 fully saturated rings. The number of aryl methyl sites for hydroxylation is 1. The number of amides is 1. The third kappa shape index (κ3) is 4.18. The first-order valence-electron chi connectivity index (χ1n) is 10.8. The number of anilines is 2. The number of pyridine rings is 1. The van der Waals surface area contributed by atoms with Crippen molar-refractivity contribution in [1.29, 1.82) is 0 Å². The fraction of sp³-hybridized carbons (Fsp3) is 0.250. The van der Waals surface area contributed by atoms with Gasteiger partial charge < -0.3 is 10.2 Å². The molecule has 3 aromatic heterocycles. The maximum absolute atomic E-state index is 13.0. The monoisotopic (exact) mass is 466 g/mol. The van der Waals surface area contributed by atoms with Crippen molar-refractivity contribution in [3.63, 3.8) is 0 Å². The molecule has 4 heterocycles. The van der Waals surface area contributed by atoms with Gasteiger partial charge in [-0.1, -0.05) is 6.07 Å². The number of hydrogen-bond acceptors (Lipinski definition) is 5. The molecule has 1 aliphatic heterocycles. The van der Waals surface area contributed by atoms with Crippen molar-refractivity contribution >= 4 is 22.9 Å². The maximum atomic E-state index is 13.0. The molecule has 0 spiro atoms. The number of carbonyl (C=O) groups excluding carboxylic acids is 1. The molecule has 1 N–H and O–H groups in total.